The predicted octanol–water partition coefficient (Wildman–Crippen LogP) is 3.77. The van der Waals surface area contributed by atoms with Gasteiger partial charge >= 0.3 is 0 Å². The zero-order valence-electron chi connectivity index (χ0n) is 17.3. The molecular formula is C23H25FN4O2S. The molecule has 2 unspecified atom stereocenters. The van der Waals surface area contributed by atoms with Crippen LogP contribution in [0.5, 0.6) is 0 Å². The molecule has 2 atom stereocenters. The van der Waals surface area contributed by atoms with Crippen LogP contribution in [0.1, 0.15) is 31.2 Å². The first-order valence-electron chi connectivity index (χ1n) is 10.4. The van der Waals surface area contributed by atoms with Crippen molar-refractivity contribution in [1.29, 1.82) is 0 Å². The minimum Gasteiger partial charge on any atom is -0.376 e. The summed E-state index contributed by atoms with van der Waals surface area (Å²) in [5.74, 6) is 0.351. The molecule has 4 rings (SSSR count). The smallest absolute Gasteiger partial charge is 0.233 e. The number of halogens is 1. The Morgan fingerprint density at radius 3 is 2.71 bits per heavy atom. The third-order valence-corrected chi connectivity index (χ3v) is 6.21. The van der Waals surface area contributed by atoms with Crippen molar-refractivity contribution in [2.75, 3.05) is 13.2 Å². The molecule has 0 radical (unpaired) electrons. The second kappa shape index (κ2) is 10.1. The molecule has 3 aromatic rings. The third-order valence-electron chi connectivity index (χ3n) is 5.17. The number of benzene rings is 2. The average molecular weight is 441 g/mol. The van der Waals surface area contributed by atoms with E-state index in [-0.39, 0.29) is 23.1 Å². The van der Waals surface area contributed by atoms with E-state index in [4.69, 9.17) is 4.74 Å². The summed E-state index contributed by atoms with van der Waals surface area (Å²) >= 11 is 1.33. The van der Waals surface area contributed by atoms with Crippen LogP contribution in [0, 0.1) is 5.82 Å². The Hall–Kier alpha value is -2.71. The van der Waals surface area contributed by atoms with Crippen LogP contribution in [0.3, 0.4) is 0 Å². The maximum atomic E-state index is 13.5. The van der Waals surface area contributed by atoms with Crippen LogP contribution >= 0.6 is 11.8 Å². The fraction of sp³-hybridized carbons (Fsp3) is 0.348. The molecule has 31 heavy (non-hydrogen) atoms. The molecular weight excluding hydrogens is 415 g/mol. The third kappa shape index (κ3) is 5.51. The molecule has 0 spiro atoms. The first-order chi connectivity index (χ1) is 15.1. The molecule has 0 bridgehead atoms. The maximum absolute atomic E-state index is 13.5. The summed E-state index contributed by atoms with van der Waals surface area (Å²) in [7, 11) is 0. The number of hydrogen-bond acceptors (Lipinski definition) is 5. The largest absolute Gasteiger partial charge is 0.376 e. The lowest BCUT2D eigenvalue weighted by Crippen LogP contribution is -2.36. The number of amides is 1. The molecule has 1 aliphatic rings. The maximum Gasteiger partial charge on any atom is 0.233 e. The number of nitrogens with one attached hydrogen (secondary N) is 1. The first kappa shape index (κ1) is 21.5. The molecule has 1 N–H and O–H groups in total. The highest BCUT2D eigenvalue weighted by atomic mass is 32.2. The Morgan fingerprint density at radius 2 is 2.00 bits per heavy atom. The highest BCUT2D eigenvalue weighted by molar-refractivity contribution is 8.00. The minimum absolute atomic E-state index is 0.0706. The van der Waals surface area contributed by atoms with Gasteiger partial charge in [0.15, 0.2) is 5.16 Å². The summed E-state index contributed by atoms with van der Waals surface area (Å²) in [6.07, 6.45) is 2.69. The van der Waals surface area contributed by atoms with Crippen LogP contribution < -0.4 is 5.32 Å². The van der Waals surface area contributed by atoms with Gasteiger partial charge in [-0.25, -0.2) is 4.39 Å². The van der Waals surface area contributed by atoms with Gasteiger partial charge in [-0.15, -0.1) is 10.2 Å². The van der Waals surface area contributed by atoms with E-state index in [9.17, 15) is 9.18 Å². The van der Waals surface area contributed by atoms with E-state index >= 15 is 0 Å². The lowest BCUT2D eigenvalue weighted by atomic mass is 10.1. The van der Waals surface area contributed by atoms with E-state index < -0.39 is 0 Å². The summed E-state index contributed by atoms with van der Waals surface area (Å²) in [5.41, 5.74) is 1.85. The van der Waals surface area contributed by atoms with Gasteiger partial charge in [0.2, 0.25) is 5.91 Å². The van der Waals surface area contributed by atoms with E-state index in [0.29, 0.717) is 18.1 Å². The normalized spacial score (nSPS) is 16.9. The van der Waals surface area contributed by atoms with Crippen molar-refractivity contribution >= 4 is 17.7 Å². The van der Waals surface area contributed by atoms with Crippen LogP contribution in [0.25, 0.3) is 5.69 Å². The lowest BCUT2D eigenvalue weighted by Gasteiger charge is -2.15. The number of rotatable bonds is 8. The molecule has 6 nitrogen and oxygen atoms in total. The summed E-state index contributed by atoms with van der Waals surface area (Å²) < 4.78 is 21.0. The summed E-state index contributed by atoms with van der Waals surface area (Å²) in [4.78, 5) is 12.6. The fourth-order valence-electron chi connectivity index (χ4n) is 3.49. The molecule has 0 aliphatic carbocycles. The number of hydrogen-bond donors (Lipinski definition) is 1. The second-order valence-electron chi connectivity index (χ2n) is 7.51. The highest BCUT2D eigenvalue weighted by Gasteiger charge is 2.23. The monoisotopic (exact) mass is 440 g/mol. The van der Waals surface area contributed by atoms with Crippen LogP contribution in [-0.2, 0) is 16.0 Å². The molecule has 1 saturated heterocycles. The second-order valence-corrected chi connectivity index (χ2v) is 8.82. The van der Waals surface area contributed by atoms with E-state index in [1.54, 1.807) is 12.1 Å². The molecule has 162 valence electrons. The number of aromatic nitrogens is 3. The Labute approximate surface area is 185 Å². The average Bonchev–Trinajstić information content (AvgIpc) is 3.44. The van der Waals surface area contributed by atoms with Crippen LogP contribution in [0.15, 0.2) is 59.8 Å². The van der Waals surface area contributed by atoms with Crippen molar-refractivity contribution in [3.05, 3.63) is 71.8 Å². The van der Waals surface area contributed by atoms with Gasteiger partial charge in [0, 0.05) is 25.3 Å². The van der Waals surface area contributed by atoms with Gasteiger partial charge in [-0.3, -0.25) is 9.36 Å². The van der Waals surface area contributed by atoms with Gasteiger partial charge in [-0.1, -0.05) is 42.1 Å². The van der Waals surface area contributed by atoms with Gasteiger partial charge in [0.1, 0.15) is 11.6 Å². The summed E-state index contributed by atoms with van der Waals surface area (Å²) in [6.45, 7) is 3.12. The minimum atomic E-state index is -0.366. The molecule has 2 aromatic carbocycles. The van der Waals surface area contributed by atoms with Crippen molar-refractivity contribution in [2.24, 2.45) is 0 Å². The standard InChI is InChI=1S/C23H25FN4O2S/c1-16(22(29)25-15-20-8-5-13-30-20)31-23-27-26-21(14-17-6-3-2-4-7-17)28(23)19-11-9-18(24)10-12-19/h2-4,6-7,9-12,16,20H,5,8,13-15H2,1H3,(H,25,29). The van der Waals surface area contributed by atoms with Gasteiger partial charge in [-0.05, 0) is 49.6 Å². The molecule has 1 aromatic heterocycles. The number of nitrogens with zero attached hydrogens (tertiary/aromatic N) is 3. The first-order valence-corrected chi connectivity index (χ1v) is 11.3. The number of carbonyl (C=O) groups is 1. The quantitative estimate of drug-likeness (QED) is 0.540. The SMILES string of the molecule is CC(Sc1nnc(Cc2ccccc2)n1-c1ccc(F)cc1)C(=O)NCC1CCCO1. The van der Waals surface area contributed by atoms with Crippen molar-refractivity contribution in [3.8, 4) is 5.69 Å². The lowest BCUT2D eigenvalue weighted by molar-refractivity contribution is -0.120. The van der Waals surface area contributed by atoms with E-state index in [1.807, 2.05) is 41.8 Å². The topological polar surface area (TPSA) is 69.0 Å². The van der Waals surface area contributed by atoms with Crippen molar-refractivity contribution in [1.82, 2.24) is 20.1 Å². The number of ether oxygens (including phenoxy) is 1. The Bertz CT molecular complexity index is 1000. The van der Waals surface area contributed by atoms with Gasteiger partial charge in [0.05, 0.1) is 11.4 Å². The van der Waals surface area contributed by atoms with Gasteiger partial charge in [-0.2, -0.15) is 0 Å². The summed E-state index contributed by atoms with van der Waals surface area (Å²) in [6, 6.07) is 16.2. The zero-order chi connectivity index (χ0) is 21.6. The van der Waals surface area contributed by atoms with Crippen molar-refractivity contribution < 1.29 is 13.9 Å². The van der Waals surface area contributed by atoms with Crippen molar-refractivity contribution in [3.63, 3.8) is 0 Å². The van der Waals surface area contributed by atoms with Crippen LogP contribution in [0.4, 0.5) is 4.39 Å². The Morgan fingerprint density at radius 1 is 1.23 bits per heavy atom. The van der Waals surface area contributed by atoms with Crippen molar-refractivity contribution in [2.45, 2.75) is 42.7 Å². The Kier molecular flexibility index (Phi) is 6.99. The molecule has 2 heterocycles. The zero-order valence-corrected chi connectivity index (χ0v) is 18.1. The van der Waals surface area contributed by atoms with Gasteiger partial charge < -0.3 is 10.1 Å². The molecule has 1 aliphatic heterocycles. The van der Waals surface area contributed by atoms with Gasteiger partial charge in [0.25, 0.3) is 0 Å². The highest BCUT2D eigenvalue weighted by Crippen LogP contribution is 2.27. The molecule has 1 amide bonds. The number of carbonyl (C=O) groups excluding carboxylic acids is 1. The van der Waals surface area contributed by atoms with Crippen LogP contribution in [-0.4, -0.2) is 45.2 Å². The number of thioether (sulfide) groups is 1. The van der Waals surface area contributed by atoms with Crippen LogP contribution in [0.2, 0.25) is 0 Å². The molecule has 1 fully saturated rings. The molecule has 8 heteroatoms. The predicted molar refractivity (Wildman–Crippen MR) is 118 cm³/mol. The summed E-state index contributed by atoms with van der Waals surface area (Å²) in [5, 5.41) is 11.9. The van der Waals surface area contributed by atoms with E-state index in [1.165, 1.54) is 23.9 Å². The fourth-order valence-corrected chi connectivity index (χ4v) is 4.40. The molecule has 0 saturated carbocycles. The Balaban J connectivity index is 1.53. The van der Waals surface area contributed by atoms with E-state index in [2.05, 4.69) is 15.5 Å². The van der Waals surface area contributed by atoms with E-state index in [0.717, 1.165) is 36.5 Å².